The zero-order chi connectivity index (χ0) is 11.1. The van der Waals surface area contributed by atoms with Crippen molar-refractivity contribution in [2.75, 3.05) is 33.2 Å². The first-order valence-corrected chi connectivity index (χ1v) is 6.17. The second-order valence-corrected chi connectivity index (χ2v) is 5.98. The molecule has 0 spiro atoms. The molecule has 0 aromatic heterocycles. The van der Waals surface area contributed by atoms with Crippen LogP contribution in [0.4, 0.5) is 0 Å². The minimum atomic E-state index is 0.259. The first-order valence-electron chi connectivity index (χ1n) is 6.17. The molecular weight excluding hydrogens is 186 g/mol. The fourth-order valence-electron chi connectivity index (χ4n) is 3.54. The van der Waals surface area contributed by atoms with Crippen LogP contribution in [-0.4, -0.2) is 54.1 Å². The van der Waals surface area contributed by atoms with Crippen molar-refractivity contribution in [3.05, 3.63) is 0 Å². The van der Waals surface area contributed by atoms with Crippen LogP contribution in [0.1, 0.15) is 33.1 Å². The fraction of sp³-hybridized carbons (Fsp3) is 1.00. The van der Waals surface area contributed by atoms with E-state index in [1.807, 2.05) is 0 Å². The van der Waals surface area contributed by atoms with E-state index in [-0.39, 0.29) is 5.54 Å². The largest absolute Gasteiger partial charge is 0.329 e. The summed E-state index contributed by atoms with van der Waals surface area (Å²) in [5, 5.41) is 0. The Morgan fingerprint density at radius 1 is 1.20 bits per heavy atom. The first-order chi connectivity index (χ1) is 7.00. The maximum absolute atomic E-state index is 6.06. The van der Waals surface area contributed by atoms with Gasteiger partial charge in [-0.25, -0.2) is 0 Å². The fourth-order valence-corrected chi connectivity index (χ4v) is 3.54. The molecule has 0 aliphatic carbocycles. The normalized spacial score (nSPS) is 37.6. The zero-order valence-electron chi connectivity index (χ0n) is 10.4. The summed E-state index contributed by atoms with van der Waals surface area (Å²) in [5.41, 5.74) is 6.67. The van der Waals surface area contributed by atoms with Crippen LogP contribution in [0.5, 0.6) is 0 Å². The molecule has 2 N–H and O–H groups in total. The topological polar surface area (TPSA) is 32.5 Å². The van der Waals surface area contributed by atoms with Gasteiger partial charge in [0.1, 0.15) is 0 Å². The van der Waals surface area contributed by atoms with Gasteiger partial charge in [-0.1, -0.05) is 0 Å². The summed E-state index contributed by atoms with van der Waals surface area (Å²) >= 11 is 0. The third-order valence-corrected chi connectivity index (χ3v) is 4.38. The van der Waals surface area contributed by atoms with Gasteiger partial charge in [0.05, 0.1) is 0 Å². The molecule has 2 aliphatic rings. The highest BCUT2D eigenvalue weighted by atomic mass is 15.3. The number of likely N-dealkylation sites (tertiary alicyclic amines) is 2. The van der Waals surface area contributed by atoms with Crippen molar-refractivity contribution < 1.29 is 0 Å². The third-order valence-electron chi connectivity index (χ3n) is 4.38. The molecule has 2 heterocycles. The van der Waals surface area contributed by atoms with E-state index < -0.39 is 0 Å². The lowest BCUT2D eigenvalue weighted by atomic mass is 9.90. The van der Waals surface area contributed by atoms with Crippen molar-refractivity contribution in [2.24, 2.45) is 5.73 Å². The van der Waals surface area contributed by atoms with Crippen LogP contribution in [-0.2, 0) is 0 Å². The molecule has 0 radical (unpaired) electrons. The van der Waals surface area contributed by atoms with Gasteiger partial charge in [-0.15, -0.1) is 0 Å². The van der Waals surface area contributed by atoms with Gasteiger partial charge in [-0.05, 0) is 53.2 Å². The number of rotatable bonds is 2. The van der Waals surface area contributed by atoms with Crippen LogP contribution in [0.25, 0.3) is 0 Å². The summed E-state index contributed by atoms with van der Waals surface area (Å²) in [5.74, 6) is 0. The monoisotopic (exact) mass is 211 g/mol. The molecule has 2 aliphatic heterocycles. The summed E-state index contributed by atoms with van der Waals surface area (Å²) in [7, 11) is 2.21. The van der Waals surface area contributed by atoms with E-state index in [0.29, 0.717) is 5.54 Å². The number of nitrogens with zero attached hydrogens (tertiary/aromatic N) is 2. The summed E-state index contributed by atoms with van der Waals surface area (Å²) < 4.78 is 0. The number of likely N-dealkylation sites (N-methyl/N-ethyl adjacent to an activating group) is 1. The number of nitrogens with two attached hydrogens (primary N) is 1. The lowest BCUT2D eigenvalue weighted by Crippen LogP contribution is -2.60. The van der Waals surface area contributed by atoms with E-state index in [1.165, 1.54) is 32.4 Å². The quantitative estimate of drug-likeness (QED) is 0.736. The smallest absolute Gasteiger partial charge is 0.0475 e. The Bertz CT molecular complexity index is 239. The van der Waals surface area contributed by atoms with Crippen molar-refractivity contribution >= 4 is 0 Å². The average molecular weight is 211 g/mol. The highest BCUT2D eigenvalue weighted by Gasteiger charge is 2.48. The van der Waals surface area contributed by atoms with Gasteiger partial charge in [0.15, 0.2) is 0 Å². The number of hydrogen-bond acceptors (Lipinski definition) is 3. The van der Waals surface area contributed by atoms with Gasteiger partial charge >= 0.3 is 0 Å². The molecule has 1 unspecified atom stereocenters. The molecule has 0 bridgehead atoms. The Balaban J connectivity index is 2.19. The standard InChI is InChI=1S/C12H25N3/c1-11(2)5-4-7-15(11)12(9-13)6-8-14(3)10-12/h4-10,13H2,1-3H3. The SMILES string of the molecule is CN1CCC(CN)(N2CCCC2(C)C)C1. The molecule has 2 fully saturated rings. The molecule has 1 atom stereocenters. The van der Waals surface area contributed by atoms with Crippen molar-refractivity contribution in [2.45, 2.75) is 44.2 Å². The second-order valence-electron chi connectivity index (χ2n) is 5.98. The van der Waals surface area contributed by atoms with Crippen molar-refractivity contribution in [1.82, 2.24) is 9.80 Å². The first kappa shape index (κ1) is 11.4. The Kier molecular flexibility index (Phi) is 2.82. The van der Waals surface area contributed by atoms with E-state index in [4.69, 9.17) is 5.73 Å². The van der Waals surface area contributed by atoms with E-state index in [2.05, 4.69) is 30.7 Å². The van der Waals surface area contributed by atoms with Crippen molar-refractivity contribution in [1.29, 1.82) is 0 Å². The van der Waals surface area contributed by atoms with E-state index in [0.717, 1.165) is 13.1 Å². The molecule has 88 valence electrons. The molecule has 2 saturated heterocycles. The molecule has 0 amide bonds. The summed E-state index contributed by atoms with van der Waals surface area (Å²) in [4.78, 5) is 5.10. The minimum Gasteiger partial charge on any atom is -0.329 e. The van der Waals surface area contributed by atoms with E-state index in [1.54, 1.807) is 0 Å². The molecule has 15 heavy (non-hydrogen) atoms. The van der Waals surface area contributed by atoms with Crippen molar-refractivity contribution in [3.8, 4) is 0 Å². The molecule has 3 nitrogen and oxygen atoms in total. The molecule has 0 saturated carbocycles. The van der Waals surface area contributed by atoms with Crippen LogP contribution in [0.15, 0.2) is 0 Å². The predicted octanol–water partition coefficient (Wildman–Crippen LogP) is 0.894. The molecule has 0 aromatic rings. The number of hydrogen-bond donors (Lipinski definition) is 1. The highest BCUT2D eigenvalue weighted by Crippen LogP contribution is 2.38. The van der Waals surface area contributed by atoms with Crippen molar-refractivity contribution in [3.63, 3.8) is 0 Å². The Morgan fingerprint density at radius 3 is 2.33 bits per heavy atom. The van der Waals surface area contributed by atoms with Gasteiger partial charge < -0.3 is 10.6 Å². The lowest BCUT2D eigenvalue weighted by molar-refractivity contribution is 0.0422. The van der Waals surface area contributed by atoms with Crippen LogP contribution in [0, 0.1) is 0 Å². The van der Waals surface area contributed by atoms with Gasteiger partial charge in [-0.3, -0.25) is 4.90 Å². The maximum Gasteiger partial charge on any atom is 0.0475 e. The van der Waals surface area contributed by atoms with E-state index in [9.17, 15) is 0 Å². The van der Waals surface area contributed by atoms with Gasteiger partial charge in [0.25, 0.3) is 0 Å². The predicted molar refractivity (Wildman–Crippen MR) is 63.9 cm³/mol. The summed E-state index contributed by atoms with van der Waals surface area (Å²) in [6.45, 7) is 9.13. The maximum atomic E-state index is 6.06. The Hall–Kier alpha value is -0.120. The molecular formula is C12H25N3. The Morgan fingerprint density at radius 2 is 1.93 bits per heavy atom. The van der Waals surface area contributed by atoms with Crippen LogP contribution in [0.2, 0.25) is 0 Å². The van der Waals surface area contributed by atoms with Crippen LogP contribution in [0.3, 0.4) is 0 Å². The van der Waals surface area contributed by atoms with Gasteiger partial charge in [0, 0.05) is 24.2 Å². The minimum absolute atomic E-state index is 0.259. The zero-order valence-corrected chi connectivity index (χ0v) is 10.4. The van der Waals surface area contributed by atoms with Crippen LogP contribution >= 0.6 is 0 Å². The third kappa shape index (κ3) is 1.81. The summed E-state index contributed by atoms with van der Waals surface area (Å²) in [6, 6.07) is 0. The van der Waals surface area contributed by atoms with Gasteiger partial charge in [-0.2, -0.15) is 0 Å². The lowest BCUT2D eigenvalue weighted by Gasteiger charge is -2.46. The molecule has 2 rings (SSSR count). The molecule has 0 aromatic carbocycles. The summed E-state index contributed by atoms with van der Waals surface area (Å²) in [6.07, 6.45) is 3.89. The van der Waals surface area contributed by atoms with E-state index >= 15 is 0 Å². The van der Waals surface area contributed by atoms with Gasteiger partial charge in [0.2, 0.25) is 0 Å². The van der Waals surface area contributed by atoms with Crippen LogP contribution < -0.4 is 5.73 Å². The average Bonchev–Trinajstić information content (AvgIpc) is 2.70. The second kappa shape index (κ2) is 3.72. The Labute approximate surface area is 93.6 Å². The molecule has 3 heteroatoms. The highest BCUT2D eigenvalue weighted by molar-refractivity contribution is 5.06.